The normalized spacial score (nSPS) is 18.6. The molecule has 9 nitrogen and oxygen atoms in total. The number of imide groups is 3. The third-order valence-corrected chi connectivity index (χ3v) is 5.14. The highest BCUT2D eigenvalue weighted by Crippen LogP contribution is 2.36. The molecule has 1 fully saturated rings. The van der Waals surface area contributed by atoms with Crippen molar-refractivity contribution < 1.29 is 28.7 Å². The van der Waals surface area contributed by atoms with Crippen molar-refractivity contribution in [1.82, 2.24) is 14.8 Å². The van der Waals surface area contributed by atoms with Crippen molar-refractivity contribution in [2.75, 3.05) is 0 Å². The first-order valence-electron chi connectivity index (χ1n) is 10.3. The summed E-state index contributed by atoms with van der Waals surface area (Å²) < 4.78 is 11.1. The second-order valence-electron chi connectivity index (χ2n) is 8.59. The number of pyridine rings is 1. The molecule has 0 bridgehead atoms. The molecule has 2 aliphatic heterocycles. The summed E-state index contributed by atoms with van der Waals surface area (Å²) in [6, 6.07) is 9.37. The largest absolute Gasteiger partial charge is 0.443 e. The highest BCUT2D eigenvalue weighted by Gasteiger charge is 2.46. The van der Waals surface area contributed by atoms with Gasteiger partial charge in [-0.25, -0.2) is 9.78 Å². The predicted octanol–water partition coefficient (Wildman–Crippen LogP) is 3.28. The number of hydrogen-bond donors (Lipinski definition) is 0. The Hall–Kier alpha value is -3.75. The van der Waals surface area contributed by atoms with Crippen LogP contribution in [0.3, 0.4) is 0 Å². The van der Waals surface area contributed by atoms with Gasteiger partial charge in [0, 0.05) is 29.8 Å². The van der Waals surface area contributed by atoms with Crippen LogP contribution >= 0.6 is 0 Å². The van der Waals surface area contributed by atoms with Gasteiger partial charge in [-0.2, -0.15) is 4.90 Å². The van der Waals surface area contributed by atoms with Crippen LogP contribution in [0.15, 0.2) is 42.6 Å². The Balaban J connectivity index is 1.58. The molecule has 2 aromatic rings. The van der Waals surface area contributed by atoms with E-state index in [0.29, 0.717) is 27.7 Å². The summed E-state index contributed by atoms with van der Waals surface area (Å²) in [5, 5.41) is 0. The Kier molecular flexibility index (Phi) is 5.41. The molecule has 1 aromatic heterocycles. The number of carbonyl (C=O) groups excluding carboxylic acids is 4. The standard InChI is InChI=1S/C23H23N3O6/c1-23(2,3)32-22(30)26-19(27)11-10-16(21(26)29)25-13-15-14(20(25)28)7-6-8-17(15)31-18-9-4-5-12-24-18/h4-9,12,16H,10-11,13H2,1-3H3. The average Bonchev–Trinajstić information content (AvgIpc) is 3.05. The minimum atomic E-state index is -1.03. The summed E-state index contributed by atoms with van der Waals surface area (Å²) in [5.74, 6) is -0.918. The first-order valence-corrected chi connectivity index (χ1v) is 10.3. The minimum Gasteiger partial charge on any atom is -0.443 e. The van der Waals surface area contributed by atoms with E-state index in [1.807, 2.05) is 0 Å². The molecule has 2 aliphatic rings. The minimum absolute atomic E-state index is 0.0485. The van der Waals surface area contributed by atoms with Crippen LogP contribution in [0.2, 0.25) is 0 Å². The van der Waals surface area contributed by atoms with E-state index >= 15 is 0 Å². The Morgan fingerprint density at radius 1 is 1.09 bits per heavy atom. The van der Waals surface area contributed by atoms with Gasteiger partial charge in [0.1, 0.15) is 17.4 Å². The zero-order valence-electron chi connectivity index (χ0n) is 18.0. The van der Waals surface area contributed by atoms with Gasteiger partial charge in [0.25, 0.3) is 11.8 Å². The summed E-state index contributed by atoms with van der Waals surface area (Å²) in [4.78, 5) is 57.0. The molecule has 0 radical (unpaired) electrons. The SMILES string of the molecule is CC(C)(C)OC(=O)N1C(=O)CCC(N2Cc3c(Oc4ccccn4)cccc3C2=O)C1=O. The maximum absolute atomic E-state index is 13.1. The first kappa shape index (κ1) is 21.5. The molecule has 0 N–H and O–H groups in total. The lowest BCUT2D eigenvalue weighted by Crippen LogP contribution is -2.57. The van der Waals surface area contributed by atoms with Gasteiger partial charge in [0.2, 0.25) is 11.8 Å². The topological polar surface area (TPSA) is 106 Å². The van der Waals surface area contributed by atoms with E-state index in [-0.39, 0.29) is 25.3 Å². The monoisotopic (exact) mass is 437 g/mol. The van der Waals surface area contributed by atoms with Gasteiger partial charge in [-0.15, -0.1) is 0 Å². The highest BCUT2D eigenvalue weighted by atomic mass is 16.6. The molecule has 0 spiro atoms. The van der Waals surface area contributed by atoms with Crippen molar-refractivity contribution in [2.24, 2.45) is 0 Å². The van der Waals surface area contributed by atoms with Gasteiger partial charge in [0.15, 0.2) is 0 Å². The Labute approximate surface area is 184 Å². The zero-order valence-corrected chi connectivity index (χ0v) is 18.0. The summed E-state index contributed by atoms with van der Waals surface area (Å²) in [6.45, 7) is 5.05. The first-order chi connectivity index (χ1) is 15.2. The number of amides is 4. The molecule has 1 saturated heterocycles. The fraction of sp³-hybridized carbons (Fsp3) is 0.348. The number of hydrogen-bond acceptors (Lipinski definition) is 7. The van der Waals surface area contributed by atoms with Crippen LogP contribution in [0.5, 0.6) is 11.6 Å². The van der Waals surface area contributed by atoms with E-state index in [4.69, 9.17) is 9.47 Å². The number of ether oxygens (including phenoxy) is 2. The molecule has 32 heavy (non-hydrogen) atoms. The van der Waals surface area contributed by atoms with Crippen LogP contribution in [-0.4, -0.2) is 50.2 Å². The Morgan fingerprint density at radius 3 is 2.56 bits per heavy atom. The fourth-order valence-electron chi connectivity index (χ4n) is 3.75. The lowest BCUT2D eigenvalue weighted by Gasteiger charge is -2.35. The van der Waals surface area contributed by atoms with E-state index in [9.17, 15) is 19.2 Å². The third-order valence-electron chi connectivity index (χ3n) is 5.14. The maximum Gasteiger partial charge on any atom is 0.424 e. The van der Waals surface area contributed by atoms with Crippen LogP contribution in [0.1, 0.15) is 49.5 Å². The number of benzene rings is 1. The highest BCUT2D eigenvalue weighted by molar-refractivity contribution is 6.13. The number of carbonyl (C=O) groups is 4. The van der Waals surface area contributed by atoms with Crippen molar-refractivity contribution >= 4 is 23.8 Å². The number of aromatic nitrogens is 1. The van der Waals surface area contributed by atoms with Gasteiger partial charge in [-0.1, -0.05) is 12.1 Å². The molecular weight excluding hydrogens is 414 g/mol. The Bertz CT molecular complexity index is 1090. The second-order valence-corrected chi connectivity index (χ2v) is 8.59. The van der Waals surface area contributed by atoms with Gasteiger partial charge < -0.3 is 14.4 Å². The van der Waals surface area contributed by atoms with Crippen molar-refractivity contribution in [3.8, 4) is 11.6 Å². The molecule has 3 heterocycles. The second kappa shape index (κ2) is 8.07. The van der Waals surface area contributed by atoms with Crippen molar-refractivity contribution in [3.05, 3.63) is 53.7 Å². The van der Waals surface area contributed by atoms with Crippen molar-refractivity contribution in [2.45, 2.75) is 51.8 Å². The van der Waals surface area contributed by atoms with Gasteiger partial charge in [-0.3, -0.25) is 14.4 Å². The quantitative estimate of drug-likeness (QED) is 0.679. The van der Waals surface area contributed by atoms with E-state index in [0.717, 1.165) is 0 Å². The van der Waals surface area contributed by atoms with E-state index in [1.165, 1.54) is 4.90 Å². The van der Waals surface area contributed by atoms with Crippen LogP contribution in [0, 0.1) is 0 Å². The number of nitrogens with zero attached hydrogens (tertiary/aromatic N) is 3. The molecule has 1 aromatic carbocycles. The molecule has 0 aliphatic carbocycles. The maximum atomic E-state index is 13.1. The molecule has 1 atom stereocenters. The molecule has 166 valence electrons. The lowest BCUT2D eigenvalue weighted by atomic mass is 10.0. The number of rotatable bonds is 3. The summed E-state index contributed by atoms with van der Waals surface area (Å²) in [7, 11) is 0. The van der Waals surface area contributed by atoms with Gasteiger partial charge >= 0.3 is 6.09 Å². The van der Waals surface area contributed by atoms with E-state index < -0.39 is 29.6 Å². The summed E-state index contributed by atoms with van der Waals surface area (Å²) in [6.07, 6.45) is 0.652. The summed E-state index contributed by atoms with van der Waals surface area (Å²) in [5.41, 5.74) is 0.158. The van der Waals surface area contributed by atoms with Gasteiger partial charge in [-0.05, 0) is 45.4 Å². The van der Waals surface area contributed by atoms with Crippen molar-refractivity contribution in [3.63, 3.8) is 0 Å². The van der Waals surface area contributed by atoms with Crippen LogP contribution in [0.4, 0.5) is 4.79 Å². The molecule has 0 saturated carbocycles. The van der Waals surface area contributed by atoms with Crippen LogP contribution < -0.4 is 4.74 Å². The van der Waals surface area contributed by atoms with Gasteiger partial charge in [0.05, 0.1) is 6.54 Å². The molecular formula is C23H23N3O6. The zero-order chi connectivity index (χ0) is 23.0. The van der Waals surface area contributed by atoms with Crippen LogP contribution in [-0.2, 0) is 20.9 Å². The van der Waals surface area contributed by atoms with E-state index in [2.05, 4.69) is 4.98 Å². The smallest absolute Gasteiger partial charge is 0.424 e. The number of fused-ring (bicyclic) bond motifs is 1. The fourth-order valence-corrected chi connectivity index (χ4v) is 3.75. The molecule has 1 unspecified atom stereocenters. The third kappa shape index (κ3) is 4.05. The number of piperidine rings is 1. The Morgan fingerprint density at radius 2 is 1.88 bits per heavy atom. The average molecular weight is 437 g/mol. The molecule has 4 rings (SSSR count). The molecule has 4 amide bonds. The number of likely N-dealkylation sites (tertiary alicyclic amines) is 1. The summed E-state index contributed by atoms with van der Waals surface area (Å²) >= 11 is 0. The van der Waals surface area contributed by atoms with Crippen LogP contribution in [0.25, 0.3) is 0 Å². The lowest BCUT2D eigenvalue weighted by molar-refractivity contribution is -0.150. The molecule has 9 heteroatoms. The van der Waals surface area contributed by atoms with E-state index in [1.54, 1.807) is 63.4 Å². The predicted molar refractivity (Wildman–Crippen MR) is 112 cm³/mol. The van der Waals surface area contributed by atoms with Crippen molar-refractivity contribution in [1.29, 1.82) is 0 Å².